The summed E-state index contributed by atoms with van der Waals surface area (Å²) < 4.78 is 23.7. The predicted molar refractivity (Wildman–Crippen MR) is 123 cm³/mol. The van der Waals surface area contributed by atoms with Crippen molar-refractivity contribution in [3.05, 3.63) is 78.4 Å². The molecule has 1 aromatic carbocycles. The largest absolute Gasteiger partial charge is 0.493 e. The highest BCUT2D eigenvalue weighted by atomic mass is 32.1. The molecule has 0 bridgehead atoms. The maximum atomic E-state index is 13.5. The molecular formula is C24H24N2O6S. The Morgan fingerprint density at radius 2 is 1.94 bits per heavy atom. The van der Waals surface area contributed by atoms with E-state index in [1.54, 1.807) is 51.3 Å². The van der Waals surface area contributed by atoms with Gasteiger partial charge in [0.15, 0.2) is 16.3 Å². The molecule has 9 heteroatoms. The van der Waals surface area contributed by atoms with Gasteiger partial charge in [0.1, 0.15) is 11.5 Å². The van der Waals surface area contributed by atoms with Crippen LogP contribution in [0.15, 0.2) is 55.8 Å². The molecule has 0 amide bonds. The maximum absolute atomic E-state index is 13.5. The molecule has 172 valence electrons. The van der Waals surface area contributed by atoms with Crippen LogP contribution in [0.3, 0.4) is 0 Å². The number of carbonyl (C=O) groups excluding carboxylic acids is 1. The molecule has 8 nitrogen and oxygen atoms in total. The number of furan rings is 1. The number of benzene rings is 1. The molecule has 3 heterocycles. The minimum absolute atomic E-state index is 0.205. The van der Waals surface area contributed by atoms with Crippen LogP contribution in [0.5, 0.6) is 11.5 Å². The van der Waals surface area contributed by atoms with E-state index < -0.39 is 12.0 Å². The Hall–Kier alpha value is -3.59. The average Bonchev–Trinajstić information content (AvgIpc) is 3.34. The summed E-state index contributed by atoms with van der Waals surface area (Å²) in [5.41, 5.74) is 1.19. The topological polar surface area (TPSA) is 92.3 Å². The number of allylic oxidation sites excluding steroid dienone is 1. The first kappa shape index (κ1) is 22.6. The zero-order chi connectivity index (χ0) is 23.7. The minimum Gasteiger partial charge on any atom is -0.493 e. The van der Waals surface area contributed by atoms with E-state index in [1.807, 2.05) is 13.0 Å². The summed E-state index contributed by atoms with van der Waals surface area (Å²) in [6.07, 6.45) is 1.69. The molecule has 0 saturated heterocycles. The van der Waals surface area contributed by atoms with Crippen molar-refractivity contribution < 1.29 is 23.4 Å². The van der Waals surface area contributed by atoms with Gasteiger partial charge in [0, 0.05) is 6.08 Å². The van der Waals surface area contributed by atoms with Gasteiger partial charge in [0.05, 0.1) is 42.7 Å². The van der Waals surface area contributed by atoms with Crippen LogP contribution in [-0.4, -0.2) is 31.4 Å². The number of rotatable bonds is 6. The lowest BCUT2D eigenvalue weighted by Gasteiger charge is -2.25. The van der Waals surface area contributed by atoms with E-state index in [1.165, 1.54) is 23.0 Å². The van der Waals surface area contributed by atoms with Crippen LogP contribution >= 0.6 is 11.3 Å². The molecule has 0 aliphatic carbocycles. The number of nitrogens with zero attached hydrogens (tertiary/aromatic N) is 2. The summed E-state index contributed by atoms with van der Waals surface area (Å²) in [4.78, 5) is 31.5. The van der Waals surface area contributed by atoms with Gasteiger partial charge in [-0.25, -0.2) is 9.79 Å². The molecule has 1 aliphatic rings. The van der Waals surface area contributed by atoms with Gasteiger partial charge < -0.3 is 18.6 Å². The lowest BCUT2D eigenvalue weighted by atomic mass is 9.95. The second-order valence-corrected chi connectivity index (χ2v) is 8.37. The second kappa shape index (κ2) is 9.11. The van der Waals surface area contributed by atoms with Gasteiger partial charge in [-0.15, -0.1) is 0 Å². The number of hydrogen-bond donors (Lipinski definition) is 0. The van der Waals surface area contributed by atoms with Crippen LogP contribution in [0.25, 0.3) is 6.08 Å². The van der Waals surface area contributed by atoms with E-state index in [0.29, 0.717) is 43.4 Å². The number of ether oxygens (including phenoxy) is 3. The predicted octanol–water partition coefficient (Wildman–Crippen LogP) is 2.72. The summed E-state index contributed by atoms with van der Waals surface area (Å²) in [6.45, 7) is 5.52. The molecule has 0 N–H and O–H groups in total. The van der Waals surface area contributed by atoms with Crippen molar-refractivity contribution in [1.82, 2.24) is 4.57 Å². The summed E-state index contributed by atoms with van der Waals surface area (Å²) in [5, 5.41) is 0. The fraction of sp³-hybridized carbons (Fsp3) is 0.292. The Bertz CT molecular complexity index is 1430. The van der Waals surface area contributed by atoms with Gasteiger partial charge in [-0.1, -0.05) is 17.4 Å². The van der Waals surface area contributed by atoms with Crippen LogP contribution in [0.2, 0.25) is 0 Å². The van der Waals surface area contributed by atoms with E-state index >= 15 is 0 Å². The molecule has 0 radical (unpaired) electrons. The molecule has 0 fully saturated rings. The van der Waals surface area contributed by atoms with E-state index in [-0.39, 0.29) is 12.2 Å². The highest BCUT2D eigenvalue weighted by Crippen LogP contribution is 2.36. The lowest BCUT2D eigenvalue weighted by molar-refractivity contribution is -0.139. The summed E-state index contributed by atoms with van der Waals surface area (Å²) in [5.74, 6) is 1.83. The molecule has 2 aromatic heterocycles. The second-order valence-electron chi connectivity index (χ2n) is 7.37. The van der Waals surface area contributed by atoms with E-state index in [0.717, 1.165) is 5.76 Å². The standard InChI is InChI=1S/C24H24N2O6S/c1-6-31-23(28)20-14(3)25-24-26(21(20)15-8-10-17(29-4)18(11-15)30-5)22(27)19(33-24)12-16-9-7-13(2)32-16/h7-12,21H,6H2,1-5H3/b19-12+. The minimum atomic E-state index is -0.736. The monoisotopic (exact) mass is 468 g/mol. The van der Waals surface area contributed by atoms with E-state index in [4.69, 9.17) is 18.6 Å². The van der Waals surface area contributed by atoms with Crippen molar-refractivity contribution in [2.24, 2.45) is 4.99 Å². The lowest BCUT2D eigenvalue weighted by Crippen LogP contribution is -2.39. The van der Waals surface area contributed by atoms with Gasteiger partial charge in [0.25, 0.3) is 5.56 Å². The number of methoxy groups -OCH3 is 2. The third-order valence-electron chi connectivity index (χ3n) is 5.27. The van der Waals surface area contributed by atoms with Gasteiger partial charge >= 0.3 is 5.97 Å². The SMILES string of the molecule is CCOC(=O)C1=C(C)N=c2s/c(=C/c3ccc(C)o3)c(=O)n2C1c1ccc(OC)c(OC)c1. The number of aromatic nitrogens is 1. The number of hydrogen-bond acceptors (Lipinski definition) is 8. The third kappa shape index (κ3) is 4.11. The van der Waals surface area contributed by atoms with Gasteiger partial charge in [-0.3, -0.25) is 9.36 Å². The van der Waals surface area contributed by atoms with Gasteiger partial charge in [-0.05, 0) is 50.6 Å². The molecule has 0 saturated carbocycles. The van der Waals surface area contributed by atoms with Crippen molar-refractivity contribution >= 4 is 23.4 Å². The van der Waals surface area contributed by atoms with Crippen LogP contribution in [0.4, 0.5) is 0 Å². The molecule has 0 spiro atoms. The van der Waals surface area contributed by atoms with Crippen molar-refractivity contribution in [2.75, 3.05) is 20.8 Å². The highest BCUT2D eigenvalue weighted by molar-refractivity contribution is 7.07. The van der Waals surface area contributed by atoms with Crippen molar-refractivity contribution in [3.63, 3.8) is 0 Å². The summed E-state index contributed by atoms with van der Waals surface area (Å²) in [6, 6.07) is 8.20. The molecule has 4 rings (SSSR count). The molecular weight excluding hydrogens is 444 g/mol. The van der Waals surface area contributed by atoms with Gasteiger partial charge in [-0.2, -0.15) is 0 Å². The Morgan fingerprint density at radius 1 is 1.18 bits per heavy atom. The summed E-state index contributed by atoms with van der Waals surface area (Å²) >= 11 is 1.24. The molecule has 1 atom stereocenters. The van der Waals surface area contributed by atoms with Gasteiger partial charge in [0.2, 0.25) is 0 Å². The zero-order valence-corrected chi connectivity index (χ0v) is 19.8. The van der Waals surface area contributed by atoms with Crippen molar-refractivity contribution in [2.45, 2.75) is 26.8 Å². The van der Waals surface area contributed by atoms with Crippen molar-refractivity contribution in [1.29, 1.82) is 0 Å². The van der Waals surface area contributed by atoms with Crippen LogP contribution in [0, 0.1) is 6.92 Å². The smallest absolute Gasteiger partial charge is 0.338 e. The third-order valence-corrected chi connectivity index (χ3v) is 6.26. The number of esters is 1. The quantitative estimate of drug-likeness (QED) is 0.517. The highest BCUT2D eigenvalue weighted by Gasteiger charge is 2.33. The van der Waals surface area contributed by atoms with Crippen LogP contribution < -0.4 is 24.4 Å². The number of aryl methyl sites for hydroxylation is 1. The average molecular weight is 469 g/mol. The summed E-state index contributed by atoms with van der Waals surface area (Å²) in [7, 11) is 3.08. The first-order valence-electron chi connectivity index (χ1n) is 10.4. The van der Waals surface area contributed by atoms with Crippen LogP contribution in [-0.2, 0) is 9.53 Å². The molecule has 1 unspecified atom stereocenters. The Balaban J connectivity index is 1.97. The Kier molecular flexibility index (Phi) is 6.24. The normalized spacial score (nSPS) is 15.8. The Morgan fingerprint density at radius 3 is 2.58 bits per heavy atom. The fourth-order valence-electron chi connectivity index (χ4n) is 3.79. The number of thiazole rings is 1. The Labute approximate surface area is 194 Å². The molecule has 33 heavy (non-hydrogen) atoms. The molecule has 3 aromatic rings. The van der Waals surface area contributed by atoms with E-state index in [9.17, 15) is 9.59 Å². The molecule has 1 aliphatic heterocycles. The van der Waals surface area contributed by atoms with E-state index in [2.05, 4.69) is 4.99 Å². The maximum Gasteiger partial charge on any atom is 0.338 e. The zero-order valence-electron chi connectivity index (χ0n) is 19.0. The first-order valence-corrected chi connectivity index (χ1v) is 11.2. The number of carbonyl (C=O) groups is 1. The number of fused-ring (bicyclic) bond motifs is 1. The fourth-order valence-corrected chi connectivity index (χ4v) is 4.82. The first-order chi connectivity index (χ1) is 15.9. The van der Waals surface area contributed by atoms with Crippen LogP contribution in [0.1, 0.15) is 37.0 Å². The van der Waals surface area contributed by atoms with Crippen molar-refractivity contribution in [3.8, 4) is 11.5 Å².